The van der Waals surface area contributed by atoms with Crippen molar-refractivity contribution in [3.8, 4) is 0 Å². The van der Waals surface area contributed by atoms with Crippen LogP contribution in [0.15, 0.2) is 23.1 Å². The van der Waals surface area contributed by atoms with E-state index in [0.29, 0.717) is 17.8 Å². The minimum atomic E-state index is -4.04. The smallest absolute Gasteiger partial charge is 0.207 e. The highest BCUT2D eigenvalue weighted by Crippen LogP contribution is 2.55. The predicted octanol–water partition coefficient (Wildman–Crippen LogP) is 3.21. The number of rotatable bonds is 3. The third-order valence-electron chi connectivity index (χ3n) is 5.57. The molecule has 0 atom stereocenters. The van der Waals surface area contributed by atoms with E-state index in [4.69, 9.17) is 0 Å². The molecule has 0 heterocycles. The number of halogens is 2. The summed E-state index contributed by atoms with van der Waals surface area (Å²) in [5.74, 6) is 0.0786. The maximum absolute atomic E-state index is 13.8. The number of nitrogens with one attached hydrogen (secondary N) is 1. The van der Waals surface area contributed by atoms with Crippen molar-refractivity contribution >= 4 is 10.0 Å². The summed E-state index contributed by atoms with van der Waals surface area (Å²) in [4.78, 5) is -0.580. The van der Waals surface area contributed by atoms with Crippen molar-refractivity contribution in [2.45, 2.75) is 49.0 Å². The van der Waals surface area contributed by atoms with Crippen molar-refractivity contribution < 1.29 is 17.2 Å². The number of hydrogen-bond donors (Lipinski definition) is 1. The van der Waals surface area contributed by atoms with Crippen LogP contribution in [0.3, 0.4) is 0 Å². The lowest BCUT2D eigenvalue weighted by Gasteiger charge is -2.56. The van der Waals surface area contributed by atoms with Crippen LogP contribution in [0.25, 0.3) is 0 Å². The molecule has 0 amide bonds. The van der Waals surface area contributed by atoms with E-state index in [1.807, 2.05) is 0 Å². The van der Waals surface area contributed by atoms with Gasteiger partial charge in [0.05, 0.1) is 0 Å². The van der Waals surface area contributed by atoms with Gasteiger partial charge in [-0.3, -0.25) is 0 Å². The van der Waals surface area contributed by atoms with E-state index in [-0.39, 0.29) is 0 Å². The molecule has 0 unspecified atom stereocenters. The Morgan fingerprint density at radius 3 is 2.09 bits per heavy atom. The Bertz CT molecular complexity index is 682. The Morgan fingerprint density at radius 2 is 1.55 bits per heavy atom. The zero-order chi connectivity index (χ0) is 15.5. The second kappa shape index (κ2) is 4.74. The van der Waals surface area contributed by atoms with Crippen LogP contribution >= 0.6 is 0 Å². The zero-order valence-electron chi connectivity index (χ0n) is 12.2. The van der Waals surface area contributed by atoms with Crippen LogP contribution < -0.4 is 4.72 Å². The fraction of sp³-hybridized carbons (Fsp3) is 0.625. The monoisotopic (exact) mass is 327 g/mol. The van der Waals surface area contributed by atoms with Gasteiger partial charge in [0, 0.05) is 5.54 Å². The van der Waals surface area contributed by atoms with Crippen molar-refractivity contribution in [3.63, 3.8) is 0 Å². The van der Waals surface area contributed by atoms with Crippen LogP contribution in [0.2, 0.25) is 0 Å². The summed E-state index contributed by atoms with van der Waals surface area (Å²) in [5, 5.41) is 0. The van der Waals surface area contributed by atoms with E-state index in [2.05, 4.69) is 4.72 Å². The molecule has 0 spiro atoms. The molecule has 0 aromatic heterocycles. The molecule has 0 aliphatic heterocycles. The van der Waals surface area contributed by atoms with Crippen molar-refractivity contribution in [2.75, 3.05) is 0 Å². The Kier molecular flexibility index (Phi) is 3.14. The van der Waals surface area contributed by atoms with E-state index >= 15 is 0 Å². The minimum absolute atomic E-state index is 0.452. The van der Waals surface area contributed by atoms with Crippen molar-refractivity contribution in [1.29, 1.82) is 0 Å². The third kappa shape index (κ3) is 2.36. The molecule has 4 aliphatic rings. The lowest BCUT2D eigenvalue weighted by atomic mass is 9.53. The normalized spacial score (nSPS) is 36.7. The average molecular weight is 327 g/mol. The molecule has 120 valence electrons. The summed E-state index contributed by atoms with van der Waals surface area (Å²) < 4.78 is 55.1. The first-order chi connectivity index (χ1) is 10.4. The highest BCUT2D eigenvalue weighted by Gasteiger charge is 2.52. The summed E-state index contributed by atoms with van der Waals surface area (Å²) in [6.45, 7) is 0. The van der Waals surface area contributed by atoms with Crippen LogP contribution in [0.1, 0.15) is 38.5 Å². The second-order valence-corrected chi connectivity index (χ2v) is 9.03. The van der Waals surface area contributed by atoms with Crippen LogP contribution in [0.4, 0.5) is 8.78 Å². The first-order valence-electron chi connectivity index (χ1n) is 7.84. The van der Waals surface area contributed by atoms with E-state index in [9.17, 15) is 17.2 Å². The predicted molar refractivity (Wildman–Crippen MR) is 77.6 cm³/mol. The maximum atomic E-state index is 13.8. The molecule has 0 saturated heterocycles. The molecule has 4 bridgehead atoms. The Balaban J connectivity index is 1.66. The Morgan fingerprint density at radius 1 is 1.00 bits per heavy atom. The van der Waals surface area contributed by atoms with Crippen molar-refractivity contribution in [1.82, 2.24) is 4.72 Å². The van der Waals surface area contributed by atoms with Crippen molar-refractivity contribution in [2.24, 2.45) is 17.8 Å². The third-order valence-corrected chi connectivity index (χ3v) is 7.17. The van der Waals surface area contributed by atoms with Gasteiger partial charge in [-0.1, -0.05) is 0 Å². The highest BCUT2D eigenvalue weighted by atomic mass is 32.2. The molecular weight excluding hydrogens is 308 g/mol. The van der Waals surface area contributed by atoms with E-state index < -0.39 is 32.1 Å². The summed E-state index contributed by atoms with van der Waals surface area (Å²) in [5.41, 5.74) is -0.452. The Hall–Kier alpha value is -1.01. The maximum Gasteiger partial charge on any atom is 0.244 e. The van der Waals surface area contributed by atoms with Gasteiger partial charge in [-0.05, 0) is 74.5 Å². The lowest BCUT2D eigenvalue weighted by Crippen LogP contribution is -2.59. The summed E-state index contributed by atoms with van der Waals surface area (Å²) in [7, 11) is -4.04. The first kappa shape index (κ1) is 14.6. The summed E-state index contributed by atoms with van der Waals surface area (Å²) in [6.07, 6.45) is 6.05. The van der Waals surface area contributed by atoms with E-state index in [1.54, 1.807) is 0 Å². The molecule has 5 rings (SSSR count). The SMILES string of the molecule is O=S(=O)(NC12CC3CC(CC(C3)C1)C2)c1cc(F)ccc1F. The first-order valence-corrected chi connectivity index (χ1v) is 9.33. The van der Waals surface area contributed by atoms with Gasteiger partial charge in [0.2, 0.25) is 10.0 Å². The van der Waals surface area contributed by atoms with Crippen LogP contribution in [0, 0.1) is 29.4 Å². The van der Waals surface area contributed by atoms with Gasteiger partial charge in [0.1, 0.15) is 16.5 Å². The highest BCUT2D eigenvalue weighted by molar-refractivity contribution is 7.89. The lowest BCUT2D eigenvalue weighted by molar-refractivity contribution is -0.00812. The number of hydrogen-bond acceptors (Lipinski definition) is 2. The van der Waals surface area contributed by atoms with E-state index in [1.165, 1.54) is 19.3 Å². The molecule has 4 fully saturated rings. The standard InChI is InChI=1S/C16H19F2NO2S/c17-13-1-2-14(18)15(6-13)22(20,21)19-16-7-10-3-11(8-16)5-12(4-10)9-16/h1-2,6,10-12,19H,3-5,7-9H2. The van der Waals surface area contributed by atoms with Crippen molar-refractivity contribution in [3.05, 3.63) is 29.8 Å². The summed E-state index contributed by atoms with van der Waals surface area (Å²) in [6, 6.07) is 2.56. The molecule has 1 aromatic carbocycles. The van der Waals surface area contributed by atoms with Gasteiger partial charge >= 0.3 is 0 Å². The van der Waals surface area contributed by atoms with E-state index in [0.717, 1.165) is 37.5 Å². The van der Waals surface area contributed by atoms with Crippen LogP contribution in [0.5, 0.6) is 0 Å². The Labute approximate surface area is 129 Å². The van der Waals surface area contributed by atoms with Gasteiger partial charge in [-0.2, -0.15) is 0 Å². The number of sulfonamides is 1. The fourth-order valence-electron chi connectivity index (χ4n) is 5.26. The van der Waals surface area contributed by atoms with Gasteiger partial charge < -0.3 is 0 Å². The van der Waals surface area contributed by atoms with Gasteiger partial charge in [-0.25, -0.2) is 21.9 Å². The van der Waals surface area contributed by atoms with Gasteiger partial charge in [0.25, 0.3) is 0 Å². The average Bonchev–Trinajstić information content (AvgIpc) is 2.38. The molecule has 4 saturated carbocycles. The largest absolute Gasteiger partial charge is 0.244 e. The fourth-order valence-corrected chi connectivity index (χ4v) is 6.78. The molecule has 6 heteroatoms. The van der Waals surface area contributed by atoms with Crippen LogP contribution in [-0.4, -0.2) is 14.0 Å². The molecule has 22 heavy (non-hydrogen) atoms. The second-order valence-electron chi connectivity index (χ2n) is 7.38. The molecule has 1 aromatic rings. The van der Waals surface area contributed by atoms with Crippen LogP contribution in [-0.2, 0) is 10.0 Å². The van der Waals surface area contributed by atoms with Gasteiger partial charge in [0.15, 0.2) is 0 Å². The van der Waals surface area contributed by atoms with Gasteiger partial charge in [-0.15, -0.1) is 0 Å². The molecule has 1 N–H and O–H groups in total. The molecule has 3 nitrogen and oxygen atoms in total. The quantitative estimate of drug-likeness (QED) is 0.926. The summed E-state index contributed by atoms with van der Waals surface area (Å²) >= 11 is 0. The molecular formula is C16H19F2NO2S. The molecule has 4 aliphatic carbocycles. The topological polar surface area (TPSA) is 46.2 Å². The minimum Gasteiger partial charge on any atom is -0.207 e. The molecule has 0 radical (unpaired) electrons. The number of benzene rings is 1. The zero-order valence-corrected chi connectivity index (χ0v) is 13.0.